The highest BCUT2D eigenvalue weighted by molar-refractivity contribution is 7.10. The lowest BCUT2D eigenvalue weighted by Crippen LogP contribution is -2.47. The molecule has 0 spiro atoms. The van der Waals surface area contributed by atoms with Crippen LogP contribution in [0.4, 0.5) is 0 Å². The van der Waals surface area contributed by atoms with Gasteiger partial charge in [0.25, 0.3) is 0 Å². The van der Waals surface area contributed by atoms with Gasteiger partial charge in [-0.05, 0) is 113 Å². The molecule has 4 aliphatic rings. The molecule has 6 unspecified atom stereocenters. The van der Waals surface area contributed by atoms with E-state index in [9.17, 15) is 19.5 Å². The first-order valence-electron chi connectivity index (χ1n) is 19.4. The van der Waals surface area contributed by atoms with Crippen LogP contribution in [0.25, 0.3) is 11.3 Å². The van der Waals surface area contributed by atoms with Crippen molar-refractivity contribution in [2.45, 2.75) is 129 Å². The number of rotatable bonds is 6. The summed E-state index contributed by atoms with van der Waals surface area (Å²) in [6.45, 7) is 10.6. The van der Waals surface area contributed by atoms with E-state index in [1.54, 1.807) is 18.4 Å². The average Bonchev–Trinajstić information content (AvgIpc) is 3.67. The van der Waals surface area contributed by atoms with Crippen LogP contribution in [0.3, 0.4) is 0 Å². The third-order valence-electron chi connectivity index (χ3n) is 12.0. The van der Waals surface area contributed by atoms with Gasteiger partial charge in [0, 0.05) is 40.2 Å². The predicted molar refractivity (Wildman–Crippen MR) is 206 cm³/mol. The molecular formula is C43H56N2O6S. The number of amides is 1. The Morgan fingerprint density at radius 2 is 1.83 bits per heavy atom. The molecule has 1 amide bonds. The van der Waals surface area contributed by atoms with Crippen LogP contribution in [0.1, 0.15) is 132 Å². The molecule has 1 aromatic carbocycles. The number of hydrogen-bond donors (Lipinski definition) is 2. The number of benzene rings is 1. The van der Waals surface area contributed by atoms with E-state index in [1.807, 2.05) is 12.1 Å². The number of methoxy groups -OCH3 is 1. The zero-order chi connectivity index (χ0) is 37.2. The van der Waals surface area contributed by atoms with Gasteiger partial charge >= 0.3 is 5.97 Å². The first kappa shape index (κ1) is 38.0. The summed E-state index contributed by atoms with van der Waals surface area (Å²) in [4.78, 5) is 45.7. The maximum atomic E-state index is 14.1. The van der Waals surface area contributed by atoms with Gasteiger partial charge in [-0.15, -0.1) is 11.3 Å². The summed E-state index contributed by atoms with van der Waals surface area (Å²) in [6, 6.07) is 4.06. The summed E-state index contributed by atoms with van der Waals surface area (Å²) in [5, 5.41) is 16.3. The van der Waals surface area contributed by atoms with Crippen molar-refractivity contribution in [2.75, 3.05) is 7.11 Å². The van der Waals surface area contributed by atoms with Crippen LogP contribution < -0.4 is 10.1 Å². The predicted octanol–water partition coefficient (Wildman–Crippen LogP) is 9.22. The molecule has 52 heavy (non-hydrogen) atoms. The van der Waals surface area contributed by atoms with Crippen molar-refractivity contribution in [3.8, 4) is 5.75 Å². The van der Waals surface area contributed by atoms with Gasteiger partial charge in [0.1, 0.15) is 33.9 Å². The molecule has 1 aromatic heterocycles. The summed E-state index contributed by atoms with van der Waals surface area (Å²) in [6.07, 6.45) is 14.5. The van der Waals surface area contributed by atoms with E-state index in [1.165, 1.54) is 5.57 Å². The van der Waals surface area contributed by atoms with Gasteiger partial charge in [-0.2, -0.15) is 0 Å². The van der Waals surface area contributed by atoms with Crippen molar-refractivity contribution in [2.24, 2.45) is 23.7 Å². The van der Waals surface area contributed by atoms with Gasteiger partial charge in [-0.3, -0.25) is 9.59 Å². The molecule has 2 N–H and O–H groups in total. The highest BCUT2D eigenvalue weighted by Crippen LogP contribution is 2.46. The molecule has 2 bridgehead atoms. The number of Topliss-reactive ketones (excluding diaryl/α,β-unsaturated/α-hetero) is 1. The van der Waals surface area contributed by atoms with Crippen LogP contribution in [-0.4, -0.2) is 46.5 Å². The molecule has 6 rings (SSSR count). The van der Waals surface area contributed by atoms with Gasteiger partial charge < -0.3 is 19.9 Å². The van der Waals surface area contributed by atoms with E-state index in [0.29, 0.717) is 43.8 Å². The lowest BCUT2D eigenvalue weighted by molar-refractivity contribution is -0.144. The lowest BCUT2D eigenvalue weighted by Gasteiger charge is -2.28. The average molecular weight is 729 g/mol. The summed E-state index contributed by atoms with van der Waals surface area (Å²) in [5.74, 6) is -0.170. The van der Waals surface area contributed by atoms with Crippen molar-refractivity contribution < 1.29 is 29.0 Å². The number of carboxylic acid groups (broad SMARTS) is 1. The Bertz CT molecular complexity index is 1770. The van der Waals surface area contributed by atoms with Crippen molar-refractivity contribution >= 4 is 40.3 Å². The number of ether oxygens (including phenoxy) is 2. The van der Waals surface area contributed by atoms with Gasteiger partial charge in [0.2, 0.25) is 5.91 Å². The minimum atomic E-state index is -1.27. The summed E-state index contributed by atoms with van der Waals surface area (Å²) >= 11 is 1.65. The molecule has 0 saturated heterocycles. The number of thiazole rings is 1. The molecular weight excluding hydrogens is 673 g/mol. The molecule has 2 heterocycles. The van der Waals surface area contributed by atoms with E-state index >= 15 is 0 Å². The quantitative estimate of drug-likeness (QED) is 0.285. The number of allylic oxidation sites excluding steroid dienone is 4. The molecule has 0 radical (unpaired) electrons. The Kier molecular flexibility index (Phi) is 11.8. The number of carbonyl (C=O) groups excluding carboxylic acids is 2. The molecule has 1 aliphatic heterocycles. The molecule has 2 aromatic rings. The number of aromatic nitrogens is 1. The van der Waals surface area contributed by atoms with Gasteiger partial charge in [0.15, 0.2) is 0 Å². The maximum Gasteiger partial charge on any atom is 0.330 e. The Balaban J connectivity index is 1.39. The minimum Gasteiger partial charge on any atom is -0.496 e. The number of hydrogen-bond acceptors (Lipinski definition) is 7. The monoisotopic (exact) mass is 728 g/mol. The maximum absolute atomic E-state index is 14.1. The van der Waals surface area contributed by atoms with Crippen molar-refractivity contribution in [1.82, 2.24) is 10.3 Å². The molecule has 9 heteroatoms. The van der Waals surface area contributed by atoms with Gasteiger partial charge in [-0.1, -0.05) is 51.3 Å². The van der Waals surface area contributed by atoms with Crippen molar-refractivity contribution in [3.05, 3.63) is 68.7 Å². The second kappa shape index (κ2) is 16.1. The number of ketones is 1. The van der Waals surface area contributed by atoms with Crippen LogP contribution in [0.2, 0.25) is 0 Å². The highest BCUT2D eigenvalue weighted by atomic mass is 32.1. The van der Waals surface area contributed by atoms with Crippen LogP contribution in [-0.2, 0) is 25.5 Å². The van der Waals surface area contributed by atoms with Crippen molar-refractivity contribution in [3.63, 3.8) is 0 Å². The topological polar surface area (TPSA) is 115 Å². The highest BCUT2D eigenvalue weighted by Gasteiger charge is 2.61. The minimum absolute atomic E-state index is 0.0705. The Morgan fingerprint density at radius 3 is 2.56 bits per heavy atom. The number of nitrogens with one attached hydrogen (secondary N) is 1. The Hall–Kier alpha value is -3.72. The summed E-state index contributed by atoms with van der Waals surface area (Å²) in [5.41, 5.74) is 5.27. The van der Waals surface area contributed by atoms with Crippen LogP contribution >= 0.6 is 11.3 Å². The fraction of sp³-hybridized carbons (Fsp3) is 0.581. The Morgan fingerprint density at radius 1 is 1.06 bits per heavy atom. The SMILES string of the molecule is COc1ccc2c(c1C)CCC(C)=C(c1nc(C(C)C)cs1)C=C2OC1CC2CCC(C1)C(=O)C(C)CCCCCC=CC1CC1(C(=O)O)NC2=O. The lowest BCUT2D eigenvalue weighted by atomic mass is 9.85. The van der Waals surface area contributed by atoms with Crippen LogP contribution in [0.5, 0.6) is 5.75 Å². The second-order valence-corrected chi connectivity index (χ2v) is 16.8. The summed E-state index contributed by atoms with van der Waals surface area (Å²) in [7, 11) is 1.69. The standard InChI is InChI=1S/C43H56N2O6S/c1-25(2)36-24-52-41(44-36)35-22-38(34-18-19-37(50-6)28(5)33(34)17-14-26(35)3)51-32-20-29-15-16-30(21-32)40(47)45-43(42(48)49)23-31(43)13-11-9-7-8-10-12-27(4)39(29)46/h11,13,18-19,22,24-25,27,29-32H,7-10,12,14-17,20-21,23H2,1-6H3,(H,45,47)(H,48,49). The van der Waals surface area contributed by atoms with Crippen LogP contribution in [0.15, 0.2) is 41.3 Å². The van der Waals surface area contributed by atoms with E-state index in [0.717, 1.165) is 83.7 Å². The van der Waals surface area contributed by atoms with Crippen molar-refractivity contribution in [1.29, 1.82) is 0 Å². The summed E-state index contributed by atoms with van der Waals surface area (Å²) < 4.78 is 12.9. The third-order valence-corrected chi connectivity index (χ3v) is 12.9. The van der Waals surface area contributed by atoms with Gasteiger partial charge in [0.05, 0.1) is 12.8 Å². The molecule has 6 atom stereocenters. The van der Waals surface area contributed by atoms with E-state index in [4.69, 9.17) is 14.5 Å². The van der Waals surface area contributed by atoms with E-state index in [2.05, 4.69) is 63.5 Å². The molecule has 2 saturated carbocycles. The fourth-order valence-electron chi connectivity index (χ4n) is 8.43. The zero-order valence-corrected chi connectivity index (χ0v) is 32.6. The number of nitrogens with zero attached hydrogens (tertiary/aromatic N) is 1. The number of fused-ring (bicyclic) bond motifs is 5. The molecule has 8 nitrogen and oxygen atoms in total. The van der Waals surface area contributed by atoms with E-state index < -0.39 is 23.5 Å². The number of aliphatic carboxylic acids is 1. The zero-order valence-electron chi connectivity index (χ0n) is 31.8. The second-order valence-electron chi connectivity index (χ2n) is 16.0. The Labute approximate surface area is 313 Å². The van der Waals surface area contributed by atoms with Crippen LogP contribution in [0, 0.1) is 30.6 Å². The first-order chi connectivity index (χ1) is 24.9. The fourth-order valence-corrected chi connectivity index (χ4v) is 9.50. The smallest absolute Gasteiger partial charge is 0.330 e. The number of carboxylic acids is 1. The third kappa shape index (κ3) is 8.09. The van der Waals surface area contributed by atoms with E-state index in [-0.39, 0.29) is 29.4 Å². The largest absolute Gasteiger partial charge is 0.496 e. The number of carbonyl (C=O) groups is 3. The molecule has 2 fully saturated rings. The normalized spacial score (nSPS) is 28.8. The molecule has 280 valence electrons. The first-order valence-corrected chi connectivity index (χ1v) is 20.3. The van der Waals surface area contributed by atoms with Gasteiger partial charge in [-0.25, -0.2) is 9.78 Å². The molecule has 3 aliphatic carbocycles.